The van der Waals surface area contributed by atoms with Crippen LogP contribution in [-0.2, 0) is 0 Å². The maximum atomic E-state index is 5.27. The molecule has 14 heavy (non-hydrogen) atoms. The summed E-state index contributed by atoms with van der Waals surface area (Å²) in [5.41, 5.74) is 3.88. The Morgan fingerprint density at radius 1 is 1.21 bits per heavy atom. The van der Waals surface area contributed by atoms with Gasteiger partial charge in [-0.3, -0.25) is 0 Å². The molecule has 2 nitrogen and oxygen atoms in total. The number of hydrogen-bond donors (Lipinski definition) is 1. The fourth-order valence-electron chi connectivity index (χ4n) is 1.66. The minimum Gasteiger partial charge on any atom is -0.496 e. The van der Waals surface area contributed by atoms with Crippen molar-refractivity contribution in [1.82, 2.24) is 5.32 Å². The molecule has 0 aromatic heterocycles. The first kappa shape index (κ1) is 11.1. The number of ether oxygens (including phenoxy) is 1. The van der Waals surface area contributed by atoms with E-state index in [9.17, 15) is 0 Å². The zero-order chi connectivity index (χ0) is 10.7. The number of benzene rings is 1. The molecule has 0 amide bonds. The number of nitrogens with one attached hydrogen (secondary N) is 1. The fourth-order valence-corrected chi connectivity index (χ4v) is 1.66. The molecule has 0 bridgehead atoms. The third-order valence-corrected chi connectivity index (χ3v) is 2.90. The maximum absolute atomic E-state index is 5.27. The van der Waals surface area contributed by atoms with Gasteiger partial charge in [-0.05, 0) is 50.6 Å². The second kappa shape index (κ2) is 4.47. The smallest absolute Gasteiger partial charge is 0.122 e. The lowest BCUT2D eigenvalue weighted by molar-refractivity contribution is 0.411. The minimum atomic E-state index is 0.389. The summed E-state index contributed by atoms with van der Waals surface area (Å²) in [6, 6.07) is 4.55. The van der Waals surface area contributed by atoms with Crippen molar-refractivity contribution in [2.45, 2.75) is 26.8 Å². The lowest BCUT2D eigenvalue weighted by Gasteiger charge is -2.17. The Labute approximate surface area is 86.3 Å². The third kappa shape index (κ3) is 1.90. The van der Waals surface area contributed by atoms with Crippen LogP contribution in [0.5, 0.6) is 5.75 Å². The van der Waals surface area contributed by atoms with Gasteiger partial charge >= 0.3 is 0 Å². The van der Waals surface area contributed by atoms with E-state index in [4.69, 9.17) is 4.74 Å². The van der Waals surface area contributed by atoms with Crippen LogP contribution in [-0.4, -0.2) is 14.2 Å². The van der Waals surface area contributed by atoms with Crippen molar-refractivity contribution < 1.29 is 4.74 Å². The highest BCUT2D eigenvalue weighted by Gasteiger charge is 2.10. The molecule has 1 N–H and O–H groups in total. The Morgan fingerprint density at radius 2 is 1.86 bits per heavy atom. The first-order valence-corrected chi connectivity index (χ1v) is 4.93. The van der Waals surface area contributed by atoms with Crippen LogP contribution in [0.4, 0.5) is 0 Å². The molecule has 0 fully saturated rings. The molecule has 1 aromatic carbocycles. The number of methoxy groups -OCH3 is 1. The second-order valence-electron chi connectivity index (χ2n) is 3.62. The Hall–Kier alpha value is -1.02. The zero-order valence-corrected chi connectivity index (χ0v) is 9.64. The van der Waals surface area contributed by atoms with Gasteiger partial charge in [0.25, 0.3) is 0 Å². The summed E-state index contributed by atoms with van der Waals surface area (Å²) in [5, 5.41) is 3.25. The van der Waals surface area contributed by atoms with Crippen molar-refractivity contribution in [3.63, 3.8) is 0 Å². The maximum Gasteiger partial charge on any atom is 0.122 e. The van der Waals surface area contributed by atoms with Crippen LogP contribution in [0, 0.1) is 13.8 Å². The topological polar surface area (TPSA) is 21.3 Å². The molecule has 1 rings (SSSR count). The van der Waals surface area contributed by atoms with Gasteiger partial charge in [0, 0.05) is 6.04 Å². The van der Waals surface area contributed by atoms with E-state index in [2.05, 4.69) is 32.2 Å². The summed E-state index contributed by atoms with van der Waals surface area (Å²) in [4.78, 5) is 0. The summed E-state index contributed by atoms with van der Waals surface area (Å²) in [6.07, 6.45) is 0. The lowest BCUT2D eigenvalue weighted by Crippen LogP contribution is -2.14. The minimum absolute atomic E-state index is 0.389. The van der Waals surface area contributed by atoms with E-state index < -0.39 is 0 Å². The predicted octanol–water partition coefficient (Wildman–Crippen LogP) is 2.59. The van der Waals surface area contributed by atoms with Gasteiger partial charge in [-0.2, -0.15) is 0 Å². The van der Waals surface area contributed by atoms with E-state index in [-0.39, 0.29) is 0 Å². The highest BCUT2D eigenvalue weighted by molar-refractivity contribution is 5.44. The molecule has 0 spiro atoms. The van der Waals surface area contributed by atoms with Crippen molar-refractivity contribution in [2.75, 3.05) is 14.2 Å². The molecule has 1 atom stereocenters. The van der Waals surface area contributed by atoms with Crippen molar-refractivity contribution in [2.24, 2.45) is 0 Å². The first-order valence-electron chi connectivity index (χ1n) is 4.93. The predicted molar refractivity (Wildman–Crippen MR) is 59.9 cm³/mol. The Morgan fingerprint density at radius 3 is 2.36 bits per heavy atom. The van der Waals surface area contributed by atoms with Crippen LogP contribution < -0.4 is 10.1 Å². The quantitative estimate of drug-likeness (QED) is 0.796. The number of rotatable bonds is 3. The second-order valence-corrected chi connectivity index (χ2v) is 3.62. The molecule has 78 valence electrons. The standard InChI is InChI=1S/C12H19NO/c1-8-9(2)12(14-5)7-6-11(8)10(3)13-4/h6-7,10,13H,1-5H3/t10-/m1/s1. The Kier molecular flexibility index (Phi) is 3.53. The van der Waals surface area contributed by atoms with Crippen LogP contribution in [0.25, 0.3) is 0 Å². The summed E-state index contributed by atoms with van der Waals surface area (Å²) in [6.45, 7) is 6.40. The fraction of sp³-hybridized carbons (Fsp3) is 0.500. The highest BCUT2D eigenvalue weighted by Crippen LogP contribution is 2.27. The van der Waals surface area contributed by atoms with Crippen LogP contribution in [0.1, 0.15) is 29.7 Å². The van der Waals surface area contributed by atoms with Crippen molar-refractivity contribution in [3.05, 3.63) is 28.8 Å². The summed E-state index contributed by atoms with van der Waals surface area (Å²) in [5.74, 6) is 0.967. The SMILES string of the molecule is CN[C@H](C)c1ccc(OC)c(C)c1C. The van der Waals surface area contributed by atoms with Gasteiger partial charge in [-0.15, -0.1) is 0 Å². The lowest BCUT2D eigenvalue weighted by atomic mass is 9.98. The van der Waals surface area contributed by atoms with Gasteiger partial charge in [0.1, 0.15) is 5.75 Å². The molecule has 0 saturated carbocycles. The molecule has 0 saturated heterocycles. The molecular weight excluding hydrogens is 174 g/mol. The van der Waals surface area contributed by atoms with Crippen LogP contribution in [0.2, 0.25) is 0 Å². The highest BCUT2D eigenvalue weighted by atomic mass is 16.5. The molecule has 0 heterocycles. The zero-order valence-electron chi connectivity index (χ0n) is 9.64. The number of hydrogen-bond acceptors (Lipinski definition) is 2. The van der Waals surface area contributed by atoms with E-state index in [1.165, 1.54) is 16.7 Å². The van der Waals surface area contributed by atoms with Gasteiger partial charge in [0.2, 0.25) is 0 Å². The van der Waals surface area contributed by atoms with E-state index in [0.29, 0.717) is 6.04 Å². The molecule has 0 aliphatic carbocycles. The van der Waals surface area contributed by atoms with Gasteiger partial charge in [-0.1, -0.05) is 6.07 Å². The average Bonchev–Trinajstić information content (AvgIpc) is 2.21. The van der Waals surface area contributed by atoms with E-state index >= 15 is 0 Å². The average molecular weight is 193 g/mol. The van der Waals surface area contributed by atoms with E-state index in [1.807, 2.05) is 13.1 Å². The monoisotopic (exact) mass is 193 g/mol. The molecule has 0 unspecified atom stereocenters. The largest absolute Gasteiger partial charge is 0.496 e. The molecule has 1 aromatic rings. The van der Waals surface area contributed by atoms with Gasteiger partial charge in [0.05, 0.1) is 7.11 Å². The van der Waals surface area contributed by atoms with E-state index in [1.54, 1.807) is 7.11 Å². The van der Waals surface area contributed by atoms with Crippen molar-refractivity contribution in [3.8, 4) is 5.75 Å². The van der Waals surface area contributed by atoms with Crippen molar-refractivity contribution >= 4 is 0 Å². The Balaban J connectivity index is 3.17. The molecular formula is C12H19NO. The summed E-state index contributed by atoms with van der Waals surface area (Å²) < 4.78 is 5.27. The molecule has 2 heteroatoms. The Bertz CT molecular complexity index is 320. The summed E-state index contributed by atoms with van der Waals surface area (Å²) in [7, 11) is 3.69. The van der Waals surface area contributed by atoms with Gasteiger partial charge in [0.15, 0.2) is 0 Å². The van der Waals surface area contributed by atoms with Crippen LogP contribution in [0.15, 0.2) is 12.1 Å². The molecule has 0 aliphatic rings. The van der Waals surface area contributed by atoms with Gasteiger partial charge < -0.3 is 10.1 Å². The first-order chi connectivity index (χ1) is 6.61. The molecule has 0 aliphatic heterocycles. The van der Waals surface area contributed by atoms with E-state index in [0.717, 1.165) is 5.75 Å². The van der Waals surface area contributed by atoms with Crippen LogP contribution in [0.3, 0.4) is 0 Å². The normalized spacial score (nSPS) is 12.6. The third-order valence-electron chi connectivity index (χ3n) is 2.90. The van der Waals surface area contributed by atoms with Crippen molar-refractivity contribution in [1.29, 1.82) is 0 Å². The van der Waals surface area contributed by atoms with Gasteiger partial charge in [-0.25, -0.2) is 0 Å². The summed E-state index contributed by atoms with van der Waals surface area (Å²) >= 11 is 0. The molecule has 0 radical (unpaired) electrons. The van der Waals surface area contributed by atoms with Crippen LogP contribution >= 0.6 is 0 Å².